The second kappa shape index (κ2) is 5.28. The molecule has 1 aliphatic heterocycles. The summed E-state index contributed by atoms with van der Waals surface area (Å²) in [6.45, 7) is 1.75. The second-order valence-electron chi connectivity index (χ2n) is 4.65. The molecule has 0 bridgehead atoms. The standard InChI is InChI=1S/C14H13FN2O2S/c1-8-7-12(19-17-8)14(18)16-11-5-6-20-13-9(11)3-2-4-10(13)15/h2-4,7,11H,5-6H2,1H3,(H,16,18). The number of amides is 1. The summed E-state index contributed by atoms with van der Waals surface area (Å²) in [4.78, 5) is 12.7. The van der Waals surface area contributed by atoms with Crippen molar-refractivity contribution < 1.29 is 13.7 Å². The Bertz CT molecular complexity index is 656. The maximum absolute atomic E-state index is 13.7. The van der Waals surface area contributed by atoms with Crippen molar-refractivity contribution in [2.75, 3.05) is 5.75 Å². The van der Waals surface area contributed by atoms with E-state index in [-0.39, 0.29) is 23.5 Å². The van der Waals surface area contributed by atoms with E-state index in [9.17, 15) is 9.18 Å². The zero-order valence-corrected chi connectivity index (χ0v) is 11.7. The molecule has 1 aliphatic rings. The number of hydrogen-bond acceptors (Lipinski definition) is 4. The van der Waals surface area contributed by atoms with Gasteiger partial charge in [-0.15, -0.1) is 11.8 Å². The van der Waals surface area contributed by atoms with Crippen LogP contribution >= 0.6 is 11.8 Å². The minimum atomic E-state index is -0.322. The van der Waals surface area contributed by atoms with Crippen LogP contribution in [0, 0.1) is 12.7 Å². The molecule has 20 heavy (non-hydrogen) atoms. The third-order valence-corrected chi connectivity index (χ3v) is 4.34. The summed E-state index contributed by atoms with van der Waals surface area (Å²) in [6.07, 6.45) is 0.764. The number of rotatable bonds is 2. The van der Waals surface area contributed by atoms with Gasteiger partial charge in [-0.25, -0.2) is 4.39 Å². The van der Waals surface area contributed by atoms with Crippen molar-refractivity contribution in [1.82, 2.24) is 10.5 Å². The number of hydrogen-bond donors (Lipinski definition) is 1. The molecule has 1 unspecified atom stereocenters. The van der Waals surface area contributed by atoms with Crippen LogP contribution in [-0.2, 0) is 0 Å². The molecule has 2 heterocycles. The fraction of sp³-hybridized carbons (Fsp3) is 0.286. The van der Waals surface area contributed by atoms with Gasteiger partial charge in [0.1, 0.15) is 5.82 Å². The first-order valence-corrected chi connectivity index (χ1v) is 7.29. The molecule has 3 rings (SSSR count). The molecular weight excluding hydrogens is 279 g/mol. The summed E-state index contributed by atoms with van der Waals surface area (Å²) in [5.41, 5.74) is 1.48. The van der Waals surface area contributed by atoms with Crippen molar-refractivity contribution in [3.05, 3.63) is 47.1 Å². The Morgan fingerprint density at radius 2 is 2.40 bits per heavy atom. The van der Waals surface area contributed by atoms with Crippen LogP contribution in [0.1, 0.15) is 34.3 Å². The molecule has 1 aromatic carbocycles. The maximum Gasteiger partial charge on any atom is 0.290 e. The highest BCUT2D eigenvalue weighted by Gasteiger charge is 2.25. The molecule has 0 saturated heterocycles. The Kier molecular flexibility index (Phi) is 3.48. The van der Waals surface area contributed by atoms with Gasteiger partial charge in [-0.3, -0.25) is 4.79 Å². The number of halogens is 1. The SMILES string of the molecule is Cc1cc(C(=O)NC2CCSc3c(F)cccc32)on1. The van der Waals surface area contributed by atoms with Crippen LogP contribution in [-0.4, -0.2) is 16.8 Å². The molecular formula is C14H13FN2O2S. The number of carbonyl (C=O) groups excluding carboxylic acids is 1. The smallest absolute Gasteiger partial charge is 0.290 e. The monoisotopic (exact) mass is 292 g/mol. The first-order chi connectivity index (χ1) is 9.65. The fourth-order valence-electron chi connectivity index (χ4n) is 2.24. The normalized spacial score (nSPS) is 17.6. The molecule has 0 saturated carbocycles. The molecule has 2 aromatic rings. The Morgan fingerprint density at radius 3 is 3.15 bits per heavy atom. The van der Waals surface area contributed by atoms with Gasteiger partial charge in [0.2, 0.25) is 5.76 Å². The predicted molar refractivity (Wildman–Crippen MR) is 73.2 cm³/mol. The number of aromatic nitrogens is 1. The lowest BCUT2D eigenvalue weighted by Gasteiger charge is -2.25. The molecule has 0 fully saturated rings. The fourth-order valence-corrected chi connectivity index (χ4v) is 3.38. The molecule has 0 spiro atoms. The van der Waals surface area contributed by atoms with Gasteiger partial charge in [0.05, 0.1) is 11.7 Å². The third kappa shape index (κ3) is 2.43. The molecule has 4 nitrogen and oxygen atoms in total. The topological polar surface area (TPSA) is 55.1 Å². The van der Waals surface area contributed by atoms with Crippen molar-refractivity contribution in [3.63, 3.8) is 0 Å². The van der Waals surface area contributed by atoms with Crippen LogP contribution < -0.4 is 5.32 Å². The lowest BCUT2D eigenvalue weighted by molar-refractivity contribution is 0.0897. The Labute approximate surface area is 119 Å². The number of benzene rings is 1. The molecule has 1 atom stereocenters. The third-order valence-electron chi connectivity index (χ3n) is 3.18. The minimum Gasteiger partial charge on any atom is -0.351 e. The summed E-state index contributed by atoms with van der Waals surface area (Å²) < 4.78 is 18.7. The highest BCUT2D eigenvalue weighted by Crippen LogP contribution is 2.37. The summed E-state index contributed by atoms with van der Waals surface area (Å²) in [6, 6.07) is 6.34. The van der Waals surface area contributed by atoms with E-state index in [1.807, 2.05) is 6.07 Å². The molecule has 104 valence electrons. The molecule has 0 radical (unpaired) electrons. The maximum atomic E-state index is 13.7. The number of thioether (sulfide) groups is 1. The van der Waals surface area contributed by atoms with Gasteiger partial charge in [0, 0.05) is 16.7 Å². The molecule has 6 heteroatoms. The number of aryl methyl sites for hydroxylation is 1. The van der Waals surface area contributed by atoms with E-state index in [0.717, 1.165) is 17.7 Å². The van der Waals surface area contributed by atoms with E-state index in [1.54, 1.807) is 19.1 Å². The average Bonchev–Trinajstić information content (AvgIpc) is 2.87. The van der Waals surface area contributed by atoms with Gasteiger partial charge in [-0.2, -0.15) is 0 Å². The highest BCUT2D eigenvalue weighted by atomic mass is 32.2. The van der Waals surface area contributed by atoms with E-state index in [4.69, 9.17) is 4.52 Å². The zero-order valence-electron chi connectivity index (χ0n) is 10.9. The van der Waals surface area contributed by atoms with Crippen LogP contribution in [0.2, 0.25) is 0 Å². The molecule has 0 aliphatic carbocycles. The molecule has 1 N–H and O–H groups in total. The summed E-state index contributed by atoms with van der Waals surface area (Å²) in [5.74, 6) is 0.396. The van der Waals surface area contributed by atoms with E-state index in [2.05, 4.69) is 10.5 Å². The van der Waals surface area contributed by atoms with E-state index in [1.165, 1.54) is 17.8 Å². The Morgan fingerprint density at radius 1 is 1.55 bits per heavy atom. The Hall–Kier alpha value is -1.82. The average molecular weight is 292 g/mol. The van der Waals surface area contributed by atoms with Gasteiger partial charge in [0.25, 0.3) is 5.91 Å². The second-order valence-corrected chi connectivity index (χ2v) is 5.76. The lowest BCUT2D eigenvalue weighted by atomic mass is 10.0. The number of carbonyl (C=O) groups is 1. The van der Waals surface area contributed by atoms with Crippen LogP contribution in [0.5, 0.6) is 0 Å². The predicted octanol–water partition coefficient (Wildman–Crippen LogP) is 3.09. The summed E-state index contributed by atoms with van der Waals surface area (Å²) >= 11 is 1.48. The quantitative estimate of drug-likeness (QED) is 0.924. The van der Waals surface area contributed by atoms with Crippen molar-refractivity contribution in [1.29, 1.82) is 0 Å². The van der Waals surface area contributed by atoms with Crippen LogP contribution in [0.3, 0.4) is 0 Å². The van der Waals surface area contributed by atoms with Gasteiger partial charge in [-0.05, 0) is 25.0 Å². The summed E-state index contributed by atoms with van der Waals surface area (Å²) in [7, 11) is 0. The lowest BCUT2D eigenvalue weighted by Crippen LogP contribution is -2.30. The van der Waals surface area contributed by atoms with Gasteiger partial charge in [0.15, 0.2) is 0 Å². The van der Waals surface area contributed by atoms with E-state index in [0.29, 0.717) is 10.6 Å². The summed E-state index contributed by atoms with van der Waals surface area (Å²) in [5, 5.41) is 6.57. The van der Waals surface area contributed by atoms with Gasteiger partial charge >= 0.3 is 0 Å². The first kappa shape index (κ1) is 13.2. The van der Waals surface area contributed by atoms with Crippen molar-refractivity contribution in [3.8, 4) is 0 Å². The van der Waals surface area contributed by atoms with Gasteiger partial charge < -0.3 is 9.84 Å². The van der Waals surface area contributed by atoms with Crippen LogP contribution in [0.4, 0.5) is 4.39 Å². The van der Waals surface area contributed by atoms with Crippen LogP contribution in [0.25, 0.3) is 0 Å². The minimum absolute atomic E-state index is 0.179. The van der Waals surface area contributed by atoms with Crippen molar-refractivity contribution in [2.24, 2.45) is 0 Å². The zero-order chi connectivity index (χ0) is 14.1. The number of nitrogens with zero attached hydrogens (tertiary/aromatic N) is 1. The Balaban J connectivity index is 1.83. The first-order valence-electron chi connectivity index (χ1n) is 6.30. The largest absolute Gasteiger partial charge is 0.351 e. The van der Waals surface area contributed by atoms with Crippen molar-refractivity contribution in [2.45, 2.75) is 24.3 Å². The van der Waals surface area contributed by atoms with Crippen LogP contribution in [0.15, 0.2) is 33.7 Å². The van der Waals surface area contributed by atoms with Gasteiger partial charge in [-0.1, -0.05) is 17.3 Å². The molecule has 1 aromatic heterocycles. The molecule has 1 amide bonds. The number of fused-ring (bicyclic) bond motifs is 1. The van der Waals surface area contributed by atoms with E-state index >= 15 is 0 Å². The van der Waals surface area contributed by atoms with E-state index < -0.39 is 0 Å². The highest BCUT2D eigenvalue weighted by molar-refractivity contribution is 7.99. The number of nitrogens with one attached hydrogen (secondary N) is 1. The van der Waals surface area contributed by atoms with Crippen molar-refractivity contribution >= 4 is 17.7 Å².